The second kappa shape index (κ2) is 8.63. The van der Waals surface area contributed by atoms with Crippen LogP contribution in [0.1, 0.15) is 11.1 Å². The zero-order valence-electron chi connectivity index (χ0n) is 15.8. The SMILES string of the molecule is COc1ccccc1CN(C)C(=O)CN(c1ccc(C)c(Cl)c1)S(C)(=O)=O. The van der Waals surface area contributed by atoms with Crippen molar-refractivity contribution in [3.05, 3.63) is 58.6 Å². The number of nitrogens with zero attached hydrogens (tertiary/aromatic N) is 2. The molecule has 0 unspecified atom stereocenters. The van der Waals surface area contributed by atoms with Crippen molar-refractivity contribution in [2.24, 2.45) is 0 Å². The van der Waals surface area contributed by atoms with Crippen molar-refractivity contribution < 1.29 is 17.9 Å². The van der Waals surface area contributed by atoms with Gasteiger partial charge in [-0.3, -0.25) is 9.10 Å². The molecule has 0 heterocycles. The number of sulfonamides is 1. The van der Waals surface area contributed by atoms with Gasteiger partial charge >= 0.3 is 0 Å². The van der Waals surface area contributed by atoms with E-state index in [-0.39, 0.29) is 12.5 Å². The number of benzene rings is 2. The Bertz CT molecular complexity index is 931. The summed E-state index contributed by atoms with van der Waals surface area (Å²) < 4.78 is 30.8. The van der Waals surface area contributed by atoms with Gasteiger partial charge in [-0.1, -0.05) is 35.9 Å². The van der Waals surface area contributed by atoms with Crippen molar-refractivity contribution >= 4 is 33.2 Å². The highest BCUT2D eigenvalue weighted by atomic mass is 35.5. The second-order valence-corrected chi connectivity index (χ2v) is 8.58. The van der Waals surface area contributed by atoms with Crippen LogP contribution >= 0.6 is 11.6 Å². The third-order valence-electron chi connectivity index (χ3n) is 4.15. The van der Waals surface area contributed by atoms with Crippen LogP contribution in [0.25, 0.3) is 0 Å². The number of amides is 1. The lowest BCUT2D eigenvalue weighted by Gasteiger charge is -2.26. The minimum Gasteiger partial charge on any atom is -0.496 e. The number of ether oxygens (including phenoxy) is 1. The number of carbonyl (C=O) groups is 1. The van der Waals surface area contributed by atoms with Gasteiger partial charge in [0.25, 0.3) is 0 Å². The molecular weight excluding hydrogens is 388 g/mol. The molecule has 2 aromatic carbocycles. The molecule has 2 aromatic rings. The number of rotatable bonds is 7. The summed E-state index contributed by atoms with van der Waals surface area (Å²) in [4.78, 5) is 14.1. The van der Waals surface area contributed by atoms with Crippen LogP contribution in [0, 0.1) is 6.92 Å². The van der Waals surface area contributed by atoms with Crippen molar-refractivity contribution in [1.29, 1.82) is 0 Å². The molecule has 146 valence electrons. The summed E-state index contributed by atoms with van der Waals surface area (Å²) >= 11 is 6.12. The topological polar surface area (TPSA) is 66.9 Å². The highest BCUT2D eigenvalue weighted by Crippen LogP contribution is 2.25. The molecule has 0 fully saturated rings. The van der Waals surface area contributed by atoms with Gasteiger partial charge in [-0.05, 0) is 30.7 Å². The molecule has 8 heteroatoms. The van der Waals surface area contributed by atoms with Crippen molar-refractivity contribution in [3.8, 4) is 5.75 Å². The average Bonchev–Trinajstić information content (AvgIpc) is 2.61. The van der Waals surface area contributed by atoms with Gasteiger partial charge < -0.3 is 9.64 Å². The van der Waals surface area contributed by atoms with Gasteiger partial charge in [0.05, 0.1) is 19.1 Å². The number of hydrogen-bond acceptors (Lipinski definition) is 4. The quantitative estimate of drug-likeness (QED) is 0.703. The fraction of sp³-hybridized carbons (Fsp3) is 0.316. The number of halogens is 1. The maximum Gasteiger partial charge on any atom is 0.243 e. The average molecular weight is 411 g/mol. The zero-order valence-corrected chi connectivity index (χ0v) is 17.3. The summed E-state index contributed by atoms with van der Waals surface area (Å²) in [6.45, 7) is 1.81. The Balaban J connectivity index is 2.21. The van der Waals surface area contributed by atoms with Gasteiger partial charge in [0.2, 0.25) is 15.9 Å². The van der Waals surface area contributed by atoms with Crippen LogP contribution in [0.4, 0.5) is 5.69 Å². The van der Waals surface area contributed by atoms with Gasteiger partial charge in [-0.15, -0.1) is 0 Å². The van der Waals surface area contributed by atoms with Gasteiger partial charge in [0, 0.05) is 24.2 Å². The normalized spacial score (nSPS) is 11.1. The van der Waals surface area contributed by atoms with Crippen LogP contribution in [0.5, 0.6) is 5.75 Å². The standard InChI is InChI=1S/C19H23ClN2O4S/c1-14-9-10-16(11-17(14)20)22(27(4,24)25)13-19(23)21(2)12-15-7-5-6-8-18(15)26-3/h5-11H,12-13H2,1-4H3. The first kappa shape index (κ1) is 21.1. The molecule has 6 nitrogen and oxygen atoms in total. The summed E-state index contributed by atoms with van der Waals surface area (Å²) in [6.07, 6.45) is 1.06. The molecule has 0 aromatic heterocycles. The molecule has 0 atom stereocenters. The number of anilines is 1. The highest BCUT2D eigenvalue weighted by molar-refractivity contribution is 7.92. The number of methoxy groups -OCH3 is 1. The van der Waals surface area contributed by atoms with Gasteiger partial charge in [0.15, 0.2) is 0 Å². The van der Waals surface area contributed by atoms with Crippen LogP contribution in [0.15, 0.2) is 42.5 Å². The van der Waals surface area contributed by atoms with Gasteiger partial charge in [-0.25, -0.2) is 8.42 Å². The van der Waals surface area contributed by atoms with E-state index in [0.717, 1.165) is 21.7 Å². The van der Waals surface area contributed by atoms with E-state index in [1.54, 1.807) is 32.4 Å². The monoisotopic (exact) mass is 410 g/mol. The molecule has 0 aliphatic carbocycles. The first-order valence-electron chi connectivity index (χ1n) is 8.23. The number of para-hydroxylation sites is 1. The molecule has 0 radical (unpaired) electrons. The molecule has 0 saturated carbocycles. The molecule has 0 saturated heterocycles. The summed E-state index contributed by atoms with van der Waals surface area (Å²) in [5.41, 5.74) is 2.01. The number of hydrogen-bond donors (Lipinski definition) is 0. The Hall–Kier alpha value is -2.25. The van der Waals surface area contributed by atoms with Crippen LogP contribution in [-0.2, 0) is 21.4 Å². The fourth-order valence-electron chi connectivity index (χ4n) is 2.56. The van der Waals surface area contributed by atoms with Crippen molar-refractivity contribution in [1.82, 2.24) is 4.90 Å². The molecule has 0 aliphatic rings. The Labute approximate surface area is 165 Å². The van der Waals surface area contributed by atoms with Crippen molar-refractivity contribution in [2.75, 3.05) is 31.3 Å². The number of aryl methyl sites for hydroxylation is 1. The van der Waals surface area contributed by atoms with Crippen molar-refractivity contribution in [3.63, 3.8) is 0 Å². The number of carbonyl (C=O) groups excluding carboxylic acids is 1. The molecular formula is C19H23ClN2O4S. The lowest BCUT2D eigenvalue weighted by Crippen LogP contribution is -2.41. The van der Waals surface area contributed by atoms with E-state index >= 15 is 0 Å². The third-order valence-corrected chi connectivity index (χ3v) is 5.70. The molecule has 0 spiro atoms. The maximum atomic E-state index is 12.7. The summed E-state index contributed by atoms with van der Waals surface area (Å²) in [6, 6.07) is 12.3. The van der Waals surface area contributed by atoms with E-state index in [1.165, 1.54) is 4.90 Å². The minimum absolute atomic E-state index is 0.301. The summed E-state index contributed by atoms with van der Waals surface area (Å²) in [7, 11) is -0.474. The van der Waals surface area contributed by atoms with E-state index < -0.39 is 10.0 Å². The second-order valence-electron chi connectivity index (χ2n) is 6.26. The van der Waals surface area contributed by atoms with Gasteiger partial charge in [0.1, 0.15) is 12.3 Å². The third kappa shape index (κ3) is 5.37. The van der Waals surface area contributed by atoms with Crippen LogP contribution in [-0.4, -0.2) is 46.2 Å². The first-order valence-corrected chi connectivity index (χ1v) is 10.5. The predicted molar refractivity (Wildman–Crippen MR) is 108 cm³/mol. The van der Waals surface area contributed by atoms with E-state index in [4.69, 9.17) is 16.3 Å². The summed E-state index contributed by atoms with van der Waals surface area (Å²) in [5, 5.41) is 0.441. The Kier molecular flexibility index (Phi) is 6.73. The molecule has 0 N–H and O–H groups in total. The van der Waals surface area contributed by atoms with Crippen LogP contribution in [0.3, 0.4) is 0 Å². The largest absolute Gasteiger partial charge is 0.496 e. The number of likely N-dealkylation sites (N-methyl/N-ethyl adjacent to an activating group) is 1. The molecule has 0 bridgehead atoms. The molecule has 2 rings (SSSR count). The lowest BCUT2D eigenvalue weighted by atomic mass is 10.2. The smallest absolute Gasteiger partial charge is 0.243 e. The van der Waals surface area contributed by atoms with Crippen LogP contribution < -0.4 is 9.04 Å². The predicted octanol–water partition coefficient (Wildman–Crippen LogP) is 3.08. The Morgan fingerprint density at radius 1 is 1.19 bits per heavy atom. The van der Waals surface area contributed by atoms with Crippen LogP contribution in [0.2, 0.25) is 5.02 Å². The summed E-state index contributed by atoms with van der Waals surface area (Å²) in [5.74, 6) is 0.325. The van der Waals surface area contributed by atoms with E-state index in [2.05, 4.69) is 0 Å². The van der Waals surface area contributed by atoms with E-state index in [9.17, 15) is 13.2 Å². The molecule has 0 aliphatic heterocycles. The molecule has 27 heavy (non-hydrogen) atoms. The minimum atomic E-state index is -3.66. The Morgan fingerprint density at radius 3 is 2.44 bits per heavy atom. The lowest BCUT2D eigenvalue weighted by molar-refractivity contribution is -0.128. The fourth-order valence-corrected chi connectivity index (χ4v) is 3.57. The van der Waals surface area contributed by atoms with Crippen molar-refractivity contribution in [2.45, 2.75) is 13.5 Å². The highest BCUT2D eigenvalue weighted by Gasteiger charge is 2.23. The van der Waals surface area contributed by atoms with Gasteiger partial charge in [-0.2, -0.15) is 0 Å². The van der Waals surface area contributed by atoms with E-state index in [1.807, 2.05) is 31.2 Å². The zero-order chi connectivity index (χ0) is 20.2. The Morgan fingerprint density at radius 2 is 1.85 bits per heavy atom. The maximum absolute atomic E-state index is 12.7. The van der Waals surface area contributed by atoms with E-state index in [0.29, 0.717) is 23.0 Å². The molecule has 1 amide bonds. The first-order chi connectivity index (χ1) is 12.6.